The molecule has 0 bridgehead atoms. The maximum atomic E-state index is 12.6. The Hall–Kier alpha value is -2.87. The van der Waals surface area contributed by atoms with Crippen LogP contribution in [0.2, 0.25) is 0 Å². The number of sulfonamides is 1. The number of amides is 1. The van der Waals surface area contributed by atoms with Gasteiger partial charge in [-0.25, -0.2) is 8.42 Å². The number of nitrogens with zero attached hydrogens (tertiary/aromatic N) is 1. The summed E-state index contributed by atoms with van der Waals surface area (Å²) in [5, 5.41) is 2.98. The SMILES string of the molecule is CC(C)(COc1cccc2c1C(N)=NS(=O)(=O)C2)C(=O)NCCCCc1ccccc1. The fourth-order valence-corrected chi connectivity index (χ4v) is 4.48. The van der Waals surface area contributed by atoms with Gasteiger partial charge < -0.3 is 15.8 Å². The molecule has 0 saturated carbocycles. The number of hydrogen-bond donors (Lipinski definition) is 2. The van der Waals surface area contributed by atoms with Gasteiger partial charge >= 0.3 is 0 Å². The van der Waals surface area contributed by atoms with Crippen LogP contribution >= 0.6 is 0 Å². The van der Waals surface area contributed by atoms with E-state index in [2.05, 4.69) is 21.8 Å². The summed E-state index contributed by atoms with van der Waals surface area (Å²) in [7, 11) is -3.61. The third kappa shape index (κ3) is 6.07. The van der Waals surface area contributed by atoms with Crippen molar-refractivity contribution in [1.29, 1.82) is 0 Å². The van der Waals surface area contributed by atoms with Crippen LogP contribution in [0.3, 0.4) is 0 Å². The van der Waals surface area contributed by atoms with Crippen LogP contribution in [0.15, 0.2) is 52.9 Å². The van der Waals surface area contributed by atoms with Gasteiger partial charge in [0.25, 0.3) is 10.0 Å². The number of nitrogens with two attached hydrogens (primary N) is 1. The molecule has 0 aliphatic carbocycles. The number of unbranched alkanes of at least 4 members (excludes halogenated alkanes) is 1. The molecule has 0 radical (unpaired) electrons. The Labute approximate surface area is 183 Å². The third-order valence-corrected chi connectivity index (χ3v) is 6.32. The Morgan fingerprint density at radius 3 is 2.61 bits per heavy atom. The molecule has 2 aromatic rings. The minimum Gasteiger partial charge on any atom is -0.492 e. The van der Waals surface area contributed by atoms with Gasteiger partial charge in [0.05, 0.1) is 16.7 Å². The lowest BCUT2D eigenvalue weighted by atomic mass is 9.93. The van der Waals surface area contributed by atoms with E-state index in [4.69, 9.17) is 10.5 Å². The average Bonchev–Trinajstić information content (AvgIpc) is 2.71. The predicted octanol–water partition coefficient (Wildman–Crippen LogP) is 2.78. The second-order valence-electron chi connectivity index (χ2n) is 8.36. The molecule has 1 aliphatic rings. The average molecular weight is 444 g/mol. The van der Waals surface area contributed by atoms with E-state index in [0.717, 1.165) is 19.3 Å². The van der Waals surface area contributed by atoms with Gasteiger partial charge in [0, 0.05) is 6.54 Å². The monoisotopic (exact) mass is 443 g/mol. The first-order valence-electron chi connectivity index (χ1n) is 10.3. The first-order chi connectivity index (χ1) is 14.7. The molecular formula is C23H29N3O4S. The van der Waals surface area contributed by atoms with E-state index in [0.29, 0.717) is 23.4 Å². The van der Waals surface area contributed by atoms with Crippen LogP contribution in [0.5, 0.6) is 5.75 Å². The van der Waals surface area contributed by atoms with Gasteiger partial charge in [0.15, 0.2) is 0 Å². The molecule has 2 aromatic carbocycles. The Balaban J connectivity index is 1.51. The third-order valence-electron chi connectivity index (χ3n) is 5.17. The minimum absolute atomic E-state index is 0.0856. The summed E-state index contributed by atoms with van der Waals surface area (Å²) < 4.78 is 33.1. The van der Waals surface area contributed by atoms with Crippen molar-refractivity contribution >= 4 is 21.8 Å². The van der Waals surface area contributed by atoms with Crippen molar-refractivity contribution in [2.24, 2.45) is 15.5 Å². The Bertz CT molecular complexity index is 1060. The lowest BCUT2D eigenvalue weighted by molar-refractivity contribution is -0.130. The molecule has 1 amide bonds. The van der Waals surface area contributed by atoms with Crippen molar-refractivity contribution in [2.45, 2.75) is 38.9 Å². The summed E-state index contributed by atoms with van der Waals surface area (Å²) in [5.41, 5.74) is 7.42. The quantitative estimate of drug-likeness (QED) is 0.579. The molecule has 8 heteroatoms. The molecule has 0 fully saturated rings. The van der Waals surface area contributed by atoms with Crippen LogP contribution in [0.25, 0.3) is 0 Å². The van der Waals surface area contributed by atoms with Gasteiger partial charge in [-0.1, -0.05) is 42.5 Å². The number of ether oxygens (including phenoxy) is 1. The number of carbonyl (C=O) groups is 1. The Morgan fingerprint density at radius 1 is 1.13 bits per heavy atom. The first kappa shape index (κ1) is 22.8. The number of amidine groups is 1. The van der Waals surface area contributed by atoms with Crippen molar-refractivity contribution in [3.63, 3.8) is 0 Å². The maximum absolute atomic E-state index is 12.6. The van der Waals surface area contributed by atoms with E-state index in [9.17, 15) is 13.2 Å². The maximum Gasteiger partial charge on any atom is 0.259 e. The highest BCUT2D eigenvalue weighted by Crippen LogP contribution is 2.29. The zero-order valence-electron chi connectivity index (χ0n) is 17.9. The molecule has 0 atom stereocenters. The predicted molar refractivity (Wildman–Crippen MR) is 121 cm³/mol. The molecule has 7 nitrogen and oxygen atoms in total. The molecular weight excluding hydrogens is 414 g/mol. The number of rotatable bonds is 9. The summed E-state index contributed by atoms with van der Waals surface area (Å²) in [6, 6.07) is 15.4. The van der Waals surface area contributed by atoms with Crippen LogP contribution in [0.4, 0.5) is 0 Å². The van der Waals surface area contributed by atoms with E-state index in [1.165, 1.54) is 5.56 Å². The largest absolute Gasteiger partial charge is 0.492 e. The number of carbonyl (C=O) groups excluding carboxylic acids is 1. The smallest absolute Gasteiger partial charge is 0.259 e. The molecule has 1 heterocycles. The zero-order valence-corrected chi connectivity index (χ0v) is 18.7. The highest BCUT2D eigenvalue weighted by molar-refractivity contribution is 7.89. The van der Waals surface area contributed by atoms with Crippen LogP contribution in [0.1, 0.15) is 43.4 Å². The highest BCUT2D eigenvalue weighted by atomic mass is 32.2. The fourth-order valence-electron chi connectivity index (χ4n) is 3.40. The normalized spacial score (nSPS) is 15.0. The van der Waals surface area contributed by atoms with Crippen molar-refractivity contribution in [3.05, 3.63) is 65.2 Å². The molecule has 0 spiro atoms. The fraction of sp³-hybridized carbons (Fsp3) is 0.391. The summed E-state index contributed by atoms with van der Waals surface area (Å²) >= 11 is 0. The number of benzene rings is 2. The number of hydrogen-bond acceptors (Lipinski definition) is 5. The highest BCUT2D eigenvalue weighted by Gasteiger charge is 2.30. The molecule has 0 unspecified atom stereocenters. The summed E-state index contributed by atoms with van der Waals surface area (Å²) in [5.74, 6) is 0.0312. The van der Waals surface area contributed by atoms with Crippen molar-refractivity contribution in [2.75, 3.05) is 13.2 Å². The van der Waals surface area contributed by atoms with Crippen LogP contribution in [-0.4, -0.2) is 33.3 Å². The second kappa shape index (κ2) is 9.51. The molecule has 31 heavy (non-hydrogen) atoms. The van der Waals surface area contributed by atoms with Crippen LogP contribution < -0.4 is 15.8 Å². The molecule has 166 valence electrons. The number of nitrogens with one attached hydrogen (secondary N) is 1. The van der Waals surface area contributed by atoms with E-state index in [1.807, 2.05) is 32.0 Å². The van der Waals surface area contributed by atoms with E-state index >= 15 is 0 Å². The summed E-state index contributed by atoms with van der Waals surface area (Å²) in [4.78, 5) is 12.6. The number of fused-ring (bicyclic) bond motifs is 1. The van der Waals surface area contributed by atoms with Gasteiger partial charge in [0.2, 0.25) is 5.91 Å². The lowest BCUT2D eigenvalue weighted by Gasteiger charge is -2.25. The van der Waals surface area contributed by atoms with E-state index < -0.39 is 15.4 Å². The number of aryl methyl sites for hydroxylation is 1. The molecule has 0 aromatic heterocycles. The van der Waals surface area contributed by atoms with Crippen LogP contribution in [0, 0.1) is 5.41 Å². The van der Waals surface area contributed by atoms with Gasteiger partial charge in [-0.2, -0.15) is 0 Å². The standard InChI is InChI=1S/C23H29N3O4S/c1-23(2,22(27)25-14-7-6-11-17-9-4-3-5-10-17)16-30-19-13-8-12-18-15-31(28,29)26-21(24)20(18)19/h3-5,8-10,12-13H,6-7,11,14-16H2,1-2H3,(H2,24,26)(H,25,27). The molecule has 3 rings (SSSR count). The molecule has 3 N–H and O–H groups in total. The first-order valence-corrected chi connectivity index (χ1v) is 11.9. The van der Waals surface area contributed by atoms with Gasteiger partial charge in [-0.05, 0) is 50.3 Å². The van der Waals surface area contributed by atoms with E-state index in [-0.39, 0.29) is 24.1 Å². The van der Waals surface area contributed by atoms with Gasteiger partial charge in [0.1, 0.15) is 18.2 Å². The molecule has 1 aliphatic heterocycles. The topological polar surface area (TPSA) is 111 Å². The van der Waals surface area contributed by atoms with Crippen molar-refractivity contribution in [3.8, 4) is 5.75 Å². The zero-order chi connectivity index (χ0) is 22.5. The summed E-state index contributed by atoms with van der Waals surface area (Å²) in [6.07, 6.45) is 2.88. The summed E-state index contributed by atoms with van der Waals surface area (Å²) in [6.45, 7) is 4.35. The Kier molecular flexibility index (Phi) is 7.00. The van der Waals surface area contributed by atoms with Gasteiger partial charge in [-0.3, -0.25) is 4.79 Å². The minimum atomic E-state index is -3.61. The van der Waals surface area contributed by atoms with Gasteiger partial charge in [-0.15, -0.1) is 4.40 Å². The van der Waals surface area contributed by atoms with E-state index in [1.54, 1.807) is 18.2 Å². The van der Waals surface area contributed by atoms with Crippen molar-refractivity contribution < 1.29 is 17.9 Å². The lowest BCUT2D eigenvalue weighted by Crippen LogP contribution is -2.41. The second-order valence-corrected chi connectivity index (χ2v) is 10.00. The Morgan fingerprint density at radius 2 is 1.87 bits per heavy atom. The van der Waals surface area contributed by atoms with Crippen LogP contribution in [-0.2, 0) is 27.0 Å². The molecule has 0 saturated heterocycles. The van der Waals surface area contributed by atoms with Crippen molar-refractivity contribution in [1.82, 2.24) is 5.32 Å².